The van der Waals surface area contributed by atoms with Crippen LogP contribution in [0.1, 0.15) is 40.0 Å². The Kier molecular flexibility index (Phi) is 7.82. The van der Waals surface area contributed by atoms with Gasteiger partial charge >= 0.3 is 0 Å². The first kappa shape index (κ1) is 19.4. The summed E-state index contributed by atoms with van der Waals surface area (Å²) in [6.45, 7) is 6.14. The Balaban J connectivity index is 3.06. The molecule has 22 heavy (non-hydrogen) atoms. The topological polar surface area (TPSA) is 75.6 Å². The molecule has 1 amide bonds. The Hall–Kier alpha value is -0.630. The van der Waals surface area contributed by atoms with E-state index >= 15 is 0 Å². The summed E-state index contributed by atoms with van der Waals surface area (Å²) >= 11 is 2.20. The molecule has 0 aromatic carbocycles. The minimum Gasteiger partial charge on any atom is -0.458 e. The molecule has 0 saturated carbocycles. The van der Waals surface area contributed by atoms with E-state index in [1.165, 1.54) is 0 Å². The average Bonchev–Trinajstić information content (AvgIpc) is 2.73. The zero-order chi connectivity index (χ0) is 16.8. The number of hydrogen-bond acceptors (Lipinski definition) is 4. The molecule has 1 rings (SSSR count). The van der Waals surface area contributed by atoms with E-state index in [-0.39, 0.29) is 11.8 Å². The van der Waals surface area contributed by atoms with Crippen molar-refractivity contribution in [3.8, 4) is 0 Å². The maximum Gasteiger partial charge on any atom is 0.293 e. The lowest BCUT2D eigenvalue weighted by atomic mass is 9.79. The highest BCUT2D eigenvalue weighted by Gasteiger charge is 2.56. The maximum absolute atomic E-state index is 12.3. The van der Waals surface area contributed by atoms with E-state index in [1.807, 2.05) is 26.0 Å². The standard InChI is InChI=1S/C16H26INO4/c1-4-6-7-11(5-2)13(20)14-16(3,22-10-19)12(8-9-17)15(21)18-14/h6-7,10-14,20H,4-5,8-9H2,1-3H3,(H,18,21)/b7-6-/t11-,12-,13-,14-,16-/m0/s1. The van der Waals surface area contributed by atoms with Gasteiger partial charge in [0.1, 0.15) is 5.60 Å². The quantitative estimate of drug-likeness (QED) is 0.258. The first-order chi connectivity index (χ1) is 10.5. The number of hydrogen-bond donors (Lipinski definition) is 2. The van der Waals surface area contributed by atoms with Crippen molar-refractivity contribution in [1.29, 1.82) is 0 Å². The monoisotopic (exact) mass is 423 g/mol. The van der Waals surface area contributed by atoms with Crippen molar-refractivity contribution in [3.05, 3.63) is 12.2 Å². The minimum atomic E-state index is -1.02. The van der Waals surface area contributed by atoms with E-state index in [0.717, 1.165) is 17.3 Å². The fourth-order valence-corrected chi connectivity index (χ4v) is 3.76. The molecular formula is C16H26INO4. The van der Waals surface area contributed by atoms with Crippen molar-refractivity contribution >= 4 is 35.0 Å². The number of amides is 1. The lowest BCUT2D eigenvalue weighted by molar-refractivity contribution is -0.152. The summed E-state index contributed by atoms with van der Waals surface area (Å²) in [4.78, 5) is 23.2. The number of carbonyl (C=O) groups is 2. The molecule has 0 aliphatic carbocycles. The van der Waals surface area contributed by atoms with Crippen LogP contribution in [-0.2, 0) is 14.3 Å². The van der Waals surface area contributed by atoms with Crippen molar-refractivity contribution in [1.82, 2.24) is 5.32 Å². The Bertz CT molecular complexity index is 415. The zero-order valence-corrected chi connectivity index (χ0v) is 15.6. The number of aliphatic hydroxyl groups excluding tert-OH is 1. The van der Waals surface area contributed by atoms with Crippen LogP contribution in [0.3, 0.4) is 0 Å². The molecule has 1 aliphatic heterocycles. The van der Waals surface area contributed by atoms with Gasteiger partial charge in [0.2, 0.25) is 5.91 Å². The third-order valence-corrected chi connectivity index (χ3v) is 5.12. The highest BCUT2D eigenvalue weighted by atomic mass is 127. The number of ether oxygens (including phenoxy) is 1. The lowest BCUT2D eigenvalue weighted by Crippen LogP contribution is -2.54. The number of alkyl halides is 1. The Labute approximate surface area is 146 Å². The maximum atomic E-state index is 12.3. The van der Waals surface area contributed by atoms with E-state index in [9.17, 15) is 14.7 Å². The molecule has 0 unspecified atom stereocenters. The highest BCUT2D eigenvalue weighted by Crippen LogP contribution is 2.37. The van der Waals surface area contributed by atoms with Crippen molar-refractivity contribution in [2.75, 3.05) is 4.43 Å². The molecule has 0 aromatic heterocycles. The summed E-state index contributed by atoms with van der Waals surface area (Å²) in [5.74, 6) is -0.667. The summed E-state index contributed by atoms with van der Waals surface area (Å²) in [5, 5.41) is 13.6. The minimum absolute atomic E-state index is 0.0850. The second-order valence-corrected chi connectivity index (χ2v) is 6.89. The van der Waals surface area contributed by atoms with E-state index < -0.39 is 23.7 Å². The van der Waals surface area contributed by atoms with Crippen molar-refractivity contribution in [3.63, 3.8) is 0 Å². The fourth-order valence-electron chi connectivity index (χ4n) is 3.13. The molecule has 126 valence electrons. The summed E-state index contributed by atoms with van der Waals surface area (Å²) in [6, 6.07) is -0.593. The van der Waals surface area contributed by atoms with Crippen LogP contribution in [0.15, 0.2) is 12.2 Å². The van der Waals surface area contributed by atoms with Crippen molar-refractivity contribution in [2.24, 2.45) is 11.8 Å². The third-order valence-electron chi connectivity index (χ3n) is 4.49. The molecule has 0 radical (unpaired) electrons. The van der Waals surface area contributed by atoms with Gasteiger partial charge in [0.05, 0.1) is 18.1 Å². The van der Waals surface area contributed by atoms with Crippen LogP contribution in [0.5, 0.6) is 0 Å². The highest BCUT2D eigenvalue weighted by molar-refractivity contribution is 14.1. The second kappa shape index (κ2) is 8.86. The van der Waals surface area contributed by atoms with Gasteiger partial charge in [-0.05, 0) is 26.2 Å². The van der Waals surface area contributed by atoms with Crippen LogP contribution in [0.25, 0.3) is 0 Å². The smallest absolute Gasteiger partial charge is 0.293 e. The lowest BCUT2D eigenvalue weighted by Gasteiger charge is -2.37. The molecule has 5 atom stereocenters. The molecule has 1 heterocycles. The molecule has 0 spiro atoms. The molecule has 0 aromatic rings. The average molecular weight is 423 g/mol. The van der Waals surface area contributed by atoms with Gasteiger partial charge in [-0.25, -0.2) is 0 Å². The molecule has 0 bridgehead atoms. The van der Waals surface area contributed by atoms with Crippen LogP contribution in [0, 0.1) is 11.8 Å². The number of allylic oxidation sites excluding steroid dienone is 1. The molecule has 1 fully saturated rings. The summed E-state index contributed by atoms with van der Waals surface area (Å²) in [6.07, 6.45) is 5.44. The van der Waals surface area contributed by atoms with E-state index in [0.29, 0.717) is 12.9 Å². The van der Waals surface area contributed by atoms with Gasteiger partial charge in [0.25, 0.3) is 6.47 Å². The summed E-state index contributed by atoms with van der Waals surface area (Å²) in [5.41, 5.74) is -1.02. The molecule has 6 heteroatoms. The van der Waals surface area contributed by atoms with Crippen molar-refractivity contribution in [2.45, 2.75) is 57.8 Å². The predicted octanol–water partition coefficient (Wildman–Crippen LogP) is 2.21. The number of carbonyl (C=O) groups excluding carboxylic acids is 2. The predicted molar refractivity (Wildman–Crippen MR) is 93.7 cm³/mol. The molecular weight excluding hydrogens is 397 g/mol. The van der Waals surface area contributed by atoms with Crippen LogP contribution in [0.2, 0.25) is 0 Å². The van der Waals surface area contributed by atoms with Gasteiger partial charge < -0.3 is 15.2 Å². The normalized spacial score (nSPS) is 31.0. The Morgan fingerprint density at radius 3 is 2.68 bits per heavy atom. The third kappa shape index (κ3) is 4.01. The van der Waals surface area contributed by atoms with Crippen LogP contribution in [-0.4, -0.2) is 39.7 Å². The van der Waals surface area contributed by atoms with Crippen LogP contribution >= 0.6 is 22.6 Å². The van der Waals surface area contributed by atoms with Gasteiger partial charge in [-0.1, -0.05) is 48.6 Å². The summed E-state index contributed by atoms with van der Waals surface area (Å²) < 4.78 is 6.09. The van der Waals surface area contributed by atoms with Gasteiger partial charge in [-0.15, -0.1) is 0 Å². The first-order valence-electron chi connectivity index (χ1n) is 7.78. The number of nitrogens with one attached hydrogen (secondary N) is 1. The van der Waals surface area contributed by atoms with Crippen molar-refractivity contribution < 1.29 is 19.4 Å². The van der Waals surface area contributed by atoms with Gasteiger partial charge in [0.15, 0.2) is 0 Å². The van der Waals surface area contributed by atoms with Crippen LogP contribution in [0.4, 0.5) is 0 Å². The molecule has 1 aliphatic rings. The first-order valence-corrected chi connectivity index (χ1v) is 9.31. The number of halogens is 1. The number of rotatable bonds is 9. The second-order valence-electron chi connectivity index (χ2n) is 5.81. The van der Waals surface area contributed by atoms with Crippen LogP contribution < -0.4 is 5.32 Å². The van der Waals surface area contributed by atoms with Gasteiger partial charge in [-0.2, -0.15) is 0 Å². The SMILES string of the molecule is CC/C=C\[C@H](CC)[C@H](O)[C@@H]1NC(=O)[C@H](CCI)[C@]1(C)OC=O. The Morgan fingerprint density at radius 1 is 1.50 bits per heavy atom. The summed E-state index contributed by atoms with van der Waals surface area (Å²) in [7, 11) is 0. The molecule has 5 nitrogen and oxygen atoms in total. The van der Waals surface area contributed by atoms with E-state index in [2.05, 4.69) is 27.9 Å². The Morgan fingerprint density at radius 2 is 2.18 bits per heavy atom. The largest absolute Gasteiger partial charge is 0.458 e. The molecule has 2 N–H and O–H groups in total. The number of aliphatic hydroxyl groups is 1. The zero-order valence-electron chi connectivity index (χ0n) is 13.4. The molecule has 1 saturated heterocycles. The van der Waals surface area contributed by atoms with Gasteiger partial charge in [0, 0.05) is 10.3 Å². The van der Waals surface area contributed by atoms with E-state index in [4.69, 9.17) is 4.74 Å². The van der Waals surface area contributed by atoms with Gasteiger partial charge in [-0.3, -0.25) is 9.59 Å². The fraction of sp³-hybridized carbons (Fsp3) is 0.750. The van der Waals surface area contributed by atoms with E-state index in [1.54, 1.807) is 6.92 Å².